The third-order valence-corrected chi connectivity index (χ3v) is 37.2. The number of sulfonamides is 2. The molecular weight excluding hydrogens is 1880 g/mol. The molecule has 13 heterocycles. The van der Waals surface area contributed by atoms with Crippen LogP contribution in [0, 0.1) is 18.7 Å². The van der Waals surface area contributed by atoms with Crippen molar-refractivity contribution in [3.8, 4) is 0 Å². The smallest absolute Gasteiger partial charge is 0.227 e. The van der Waals surface area contributed by atoms with Gasteiger partial charge in [-0.3, -0.25) is 8.42 Å². The Hall–Kier alpha value is -9.06. The van der Waals surface area contributed by atoms with Gasteiger partial charge in [-0.1, -0.05) is 156 Å². The predicted molar refractivity (Wildman–Crippen MR) is 544 cm³/mol. The molecule has 2 unspecified atom stereocenters. The first-order valence-corrected chi connectivity index (χ1v) is 56.3. The molecule has 39 heteroatoms. The number of aliphatic hydroxyl groups excluding tert-OH is 2. The largest absolute Gasteiger partial charge is 0.394 e. The third kappa shape index (κ3) is 24.6. The van der Waals surface area contributed by atoms with E-state index in [1.54, 1.807) is 26.2 Å². The van der Waals surface area contributed by atoms with Crippen LogP contribution in [-0.4, -0.2) is 260 Å². The lowest BCUT2D eigenvalue weighted by atomic mass is 9.72. The van der Waals surface area contributed by atoms with Gasteiger partial charge in [0.25, 0.3) is 0 Å². The summed E-state index contributed by atoms with van der Waals surface area (Å²) >= 11 is 6.02. The summed E-state index contributed by atoms with van der Waals surface area (Å²) in [5.41, 5.74) is 8.47. The van der Waals surface area contributed by atoms with Crippen molar-refractivity contribution in [3.05, 3.63) is 195 Å². The van der Waals surface area contributed by atoms with Crippen LogP contribution in [0.2, 0.25) is 5.02 Å². The minimum atomic E-state index is -3.37. The molecule has 6 N–H and O–H groups in total. The van der Waals surface area contributed by atoms with Crippen LogP contribution in [-0.2, 0) is 103 Å². The van der Waals surface area contributed by atoms with Crippen molar-refractivity contribution >= 4 is 126 Å². The van der Waals surface area contributed by atoms with Gasteiger partial charge in [0.15, 0.2) is 37.1 Å². The maximum atomic E-state index is 13.8. The van der Waals surface area contributed by atoms with Gasteiger partial charge in [0.05, 0.1) is 93.2 Å². The Bertz CT molecular complexity index is 6230. The van der Waals surface area contributed by atoms with E-state index < -0.39 is 66.9 Å². The molecule has 9 aromatic rings. The van der Waals surface area contributed by atoms with Crippen LogP contribution < -0.4 is 40.9 Å². The molecule has 0 radical (unpaired) electrons. The highest BCUT2D eigenvalue weighted by molar-refractivity contribution is 7.92. The number of likely N-dealkylation sites (N-methyl/N-ethyl adjacent to an activating group) is 2. The van der Waals surface area contributed by atoms with Gasteiger partial charge in [-0.05, 0) is 154 Å². The van der Waals surface area contributed by atoms with Crippen LogP contribution in [0.15, 0.2) is 153 Å². The summed E-state index contributed by atoms with van der Waals surface area (Å²) < 4.78 is 147. The summed E-state index contributed by atoms with van der Waals surface area (Å²) in [6.45, 7) is 14.2. The van der Waals surface area contributed by atoms with Crippen LogP contribution >= 0.6 is 11.6 Å². The van der Waals surface area contributed by atoms with Gasteiger partial charge in [0.2, 0.25) is 43.8 Å². The Morgan fingerprint density at radius 3 is 1.37 bits per heavy atom. The average molecular weight is 2020 g/mol. The van der Waals surface area contributed by atoms with E-state index in [-0.39, 0.29) is 86.5 Å². The van der Waals surface area contributed by atoms with Crippen molar-refractivity contribution in [2.24, 2.45) is 5.92 Å². The number of anilines is 9. The molecule has 19 rings (SSSR count). The lowest BCUT2D eigenvalue weighted by molar-refractivity contribution is 0.0903. The van der Waals surface area contributed by atoms with Crippen molar-refractivity contribution in [2.45, 2.75) is 206 Å². The monoisotopic (exact) mass is 2020 g/mol. The quantitative estimate of drug-likeness (QED) is 0.0309. The van der Waals surface area contributed by atoms with E-state index in [4.69, 9.17) is 41.3 Å². The maximum absolute atomic E-state index is 13.8. The molecule has 3 atom stereocenters. The Morgan fingerprint density at radius 2 is 0.942 bits per heavy atom. The van der Waals surface area contributed by atoms with Crippen LogP contribution in [0.4, 0.5) is 57.1 Å². The van der Waals surface area contributed by atoms with Gasteiger partial charge >= 0.3 is 0 Å². The molecule has 5 aromatic carbocycles. The van der Waals surface area contributed by atoms with Crippen molar-refractivity contribution in [3.63, 3.8) is 0 Å². The molecule has 744 valence electrons. The second-order valence-corrected chi connectivity index (χ2v) is 49.2. The van der Waals surface area contributed by atoms with Crippen molar-refractivity contribution in [1.29, 1.82) is 0 Å². The van der Waals surface area contributed by atoms with Crippen molar-refractivity contribution in [2.75, 3.05) is 182 Å². The van der Waals surface area contributed by atoms with Crippen molar-refractivity contribution in [1.82, 2.24) is 48.5 Å². The van der Waals surface area contributed by atoms with Crippen LogP contribution in [0.3, 0.4) is 0 Å². The zero-order valence-corrected chi connectivity index (χ0v) is 82.6. The van der Waals surface area contributed by atoms with E-state index in [1.165, 1.54) is 49.9 Å². The second kappa shape index (κ2) is 44.4. The molecule has 0 bridgehead atoms. The lowest BCUT2D eigenvalue weighted by Crippen LogP contribution is -2.49. The summed E-state index contributed by atoms with van der Waals surface area (Å²) in [6.07, 6.45) is 14.9. The number of aliphatic hydroxyl groups is 2. The number of nitrogens with zero attached hydrogens (tertiary/aromatic N) is 14. The highest BCUT2D eigenvalue weighted by Crippen LogP contribution is 2.46. The second-order valence-electron chi connectivity index (χ2n) is 37.5. The Morgan fingerprint density at radius 1 is 0.526 bits per heavy atom. The van der Waals surface area contributed by atoms with E-state index in [9.17, 15) is 56.7 Å². The molecule has 0 amide bonds. The Kier molecular flexibility index (Phi) is 34.1. The number of benzene rings is 5. The molecule has 10 aliphatic rings. The molecule has 5 saturated heterocycles. The van der Waals surface area contributed by atoms with E-state index >= 15 is 0 Å². The van der Waals surface area contributed by atoms with Gasteiger partial charge in [-0.2, -0.15) is 19.9 Å². The van der Waals surface area contributed by atoms with Gasteiger partial charge in [0.1, 0.15) is 31.2 Å². The summed E-state index contributed by atoms with van der Waals surface area (Å²) in [4.78, 5) is 48.2. The number of halogens is 2. The summed E-state index contributed by atoms with van der Waals surface area (Å²) in [7, 11) is -12.5. The number of sulfone groups is 2. The summed E-state index contributed by atoms with van der Waals surface area (Å²) in [5, 5.41) is 33.4. The fraction of sp³-hybridized carbons (Fsp3) is 0.531. The normalized spacial score (nSPS) is 20.3. The number of nitrogens with one attached hydrogen (secondary N) is 4. The van der Waals surface area contributed by atoms with E-state index in [1.807, 2.05) is 62.4 Å². The first-order valence-electron chi connectivity index (χ1n) is 46.3. The average Bonchev–Trinajstić information content (AvgIpc) is 1.65. The zero-order chi connectivity index (χ0) is 94.7. The molecule has 6 fully saturated rings. The highest BCUT2D eigenvalue weighted by Gasteiger charge is 2.47. The number of hydrogen-bond acceptors (Lipinski definition) is 29. The molecule has 4 aromatic heterocycles. The standard InChI is InChI=1S/C26H30FN5O3S2.C25H37N5O4S2.C22H27ClN4O3S.C22H28N4O3S.3CH4/c1-31(37(2,34)35)18-26(19-7-4-3-5-8-19)12-14-32(15-13-26)25-29-22-11-16-36(33)23(22)24(30-25)28-21-10-6-9-20(27)17-21;1-18(2)21(16-31)26-23-22-20(10-15-35(22)32)27-24(28-23)30-13-11-25(12-14-30,17-29(3)36(4,33)34)19-8-6-5-7-9-19;23-17-3-1-15(2-4-17)16-5-10-27(11-6-16)22-25-19-9-14-31(28,29)20(19)21(26-22)24-18-7-12-30-13-8-18;1-15-2-4-16(5-3-15)17-6-11-26(12-7-17)21-23-18-8-13-30(28,29)19(18)20(24-21)25-22(14-27)9-10-22;;;/h3-10,17H,11-16,18H2,1-2H3,(H,28,29,30);5-9,18,21,31H,10-17H2,1-4H3,(H,26,27,28);1-4,16,18H,5-14H2,(H,24,25,26);2-5,17,27H,6-14H2,1H3,(H,23,24,25);3*1H4/t;21-,35?;;;;;/m.0...../s1. The molecule has 9 aliphatic heterocycles. The number of rotatable bonds is 25. The molecule has 137 heavy (non-hydrogen) atoms. The van der Waals surface area contributed by atoms with Crippen LogP contribution in [0.1, 0.15) is 176 Å². The number of aromatic nitrogens is 8. The number of aryl methyl sites for hydroxylation is 5. The third-order valence-electron chi connectivity index (χ3n) is 28.0. The van der Waals surface area contributed by atoms with Crippen LogP contribution in [0.25, 0.3) is 0 Å². The molecular formula is C98H134ClFN18O13S6. The lowest BCUT2D eigenvalue weighted by Gasteiger charge is -2.44. The van der Waals surface area contributed by atoms with Crippen molar-refractivity contribution < 1.29 is 61.4 Å². The predicted octanol–water partition coefficient (Wildman–Crippen LogP) is 13.2. The maximum Gasteiger partial charge on any atom is 0.227 e. The molecule has 31 nitrogen and oxygen atoms in total. The van der Waals surface area contributed by atoms with E-state index in [2.05, 4.69) is 123 Å². The number of hydrogen-bond donors (Lipinski definition) is 6. The van der Waals surface area contributed by atoms with E-state index in [0.29, 0.717) is 180 Å². The highest BCUT2D eigenvalue weighted by atomic mass is 35.5. The SMILES string of the molecule is C.C.C.CC(C)[C@H](CO)Nc1nc(N2CCC(CN(C)S(C)(=O)=O)(c3ccccc3)CC2)nc2c1S(=O)CC2.CN(CC1(c2ccccc2)CCN(c2nc3c(c(Nc4cccc(F)c4)n2)S(=O)CC3)CC1)S(C)(=O)=O.Cc1ccc(C2CCN(c3nc4c(c(NC5(CO)CC5)n3)S(=O)(=O)CC4)CC2)cc1.O=S1(=O)CCc2nc(N3CCC(c4ccc(Cl)cc4)CC3)nc(NC3CCOCC3)c21. The topological polar surface area (TPSA) is 391 Å². The first kappa shape index (κ1) is 105. The summed E-state index contributed by atoms with van der Waals surface area (Å²) in [6, 6.07) is 43.1. The first-order chi connectivity index (χ1) is 64.1. The zero-order valence-electron chi connectivity index (χ0n) is 77.0. The fourth-order valence-electron chi connectivity index (χ4n) is 19.4. The number of piperidine rings is 4. The Labute approximate surface area is 818 Å². The number of fused-ring (bicyclic) bond motifs is 4. The fourth-order valence-corrected chi connectivity index (χ4v) is 26.2. The van der Waals surface area contributed by atoms with Gasteiger partial charge in [-0.15, -0.1) is 0 Å². The van der Waals surface area contributed by atoms with Gasteiger partial charge in [-0.25, -0.2) is 66.6 Å². The van der Waals surface area contributed by atoms with Crippen LogP contribution in [0.5, 0.6) is 0 Å². The molecule has 0 spiro atoms. The molecule has 1 saturated carbocycles. The minimum Gasteiger partial charge on any atom is -0.394 e. The van der Waals surface area contributed by atoms with Gasteiger partial charge in [0, 0.05) is 158 Å². The molecule has 1 aliphatic carbocycles. The minimum absolute atomic E-state index is 0. The summed E-state index contributed by atoms with van der Waals surface area (Å²) in [5.74, 6) is 6.24. The van der Waals surface area contributed by atoms with Gasteiger partial charge < -0.3 is 55.8 Å². The number of ether oxygens (including phenoxy) is 1. The Balaban J connectivity index is 0.000000154. The van der Waals surface area contributed by atoms with E-state index in [0.717, 1.165) is 131 Å².